The number of hydrogen-bond acceptors (Lipinski definition) is 6. The molecule has 0 spiro atoms. The van der Waals surface area contributed by atoms with E-state index >= 15 is 0 Å². The Balaban J connectivity index is 2.09. The standard InChI is InChI=1S/C26H31NO6/c1-16(2)33-14-8-13-27-23(19-10-7-6-9-17(19)3)22(25(29)26(27)30)24(28)18-11-12-20(31-4)21(15-18)32-5/h6-7,9-12,15-16,23,28H,8,13-14H2,1-5H3/b24-22+. The summed E-state index contributed by atoms with van der Waals surface area (Å²) in [6, 6.07) is 11.7. The number of ketones is 1. The van der Waals surface area contributed by atoms with Crippen LogP contribution in [0.25, 0.3) is 5.76 Å². The second-order valence-electron chi connectivity index (χ2n) is 8.19. The molecule has 1 aliphatic heterocycles. The minimum absolute atomic E-state index is 0.0614. The smallest absolute Gasteiger partial charge is 0.295 e. The number of methoxy groups -OCH3 is 2. The number of likely N-dealkylation sites (tertiary alicyclic amines) is 1. The number of ether oxygens (including phenoxy) is 3. The van der Waals surface area contributed by atoms with E-state index < -0.39 is 17.7 Å². The molecule has 1 N–H and O–H groups in total. The van der Waals surface area contributed by atoms with Gasteiger partial charge < -0.3 is 24.2 Å². The fourth-order valence-electron chi connectivity index (χ4n) is 4.02. The van der Waals surface area contributed by atoms with Gasteiger partial charge in [-0.1, -0.05) is 24.3 Å². The first kappa shape index (κ1) is 24.3. The molecule has 0 bridgehead atoms. The molecule has 2 aromatic carbocycles. The molecular weight excluding hydrogens is 422 g/mol. The maximum absolute atomic E-state index is 13.1. The van der Waals surface area contributed by atoms with Gasteiger partial charge in [0.05, 0.1) is 31.9 Å². The van der Waals surface area contributed by atoms with Crippen molar-refractivity contribution >= 4 is 17.4 Å². The summed E-state index contributed by atoms with van der Waals surface area (Å²) in [5.41, 5.74) is 2.15. The van der Waals surface area contributed by atoms with E-state index in [1.165, 1.54) is 19.1 Å². The van der Waals surface area contributed by atoms with Crippen LogP contribution in [0.15, 0.2) is 48.0 Å². The van der Waals surface area contributed by atoms with Crippen LogP contribution < -0.4 is 9.47 Å². The number of nitrogens with zero attached hydrogens (tertiary/aromatic N) is 1. The van der Waals surface area contributed by atoms with Gasteiger partial charge in [0.15, 0.2) is 11.5 Å². The quantitative estimate of drug-likeness (QED) is 0.264. The Morgan fingerprint density at radius 3 is 2.39 bits per heavy atom. The molecule has 0 saturated carbocycles. The zero-order valence-corrected chi connectivity index (χ0v) is 19.8. The van der Waals surface area contributed by atoms with Crippen molar-refractivity contribution in [3.8, 4) is 11.5 Å². The molecule has 0 aromatic heterocycles. The van der Waals surface area contributed by atoms with Crippen molar-refractivity contribution in [3.63, 3.8) is 0 Å². The van der Waals surface area contributed by atoms with E-state index in [1.807, 2.05) is 45.0 Å². The molecule has 2 aromatic rings. The number of aliphatic hydroxyl groups is 1. The number of carbonyl (C=O) groups is 2. The third-order valence-corrected chi connectivity index (χ3v) is 5.67. The van der Waals surface area contributed by atoms with Crippen molar-refractivity contribution in [2.45, 2.75) is 39.3 Å². The first-order valence-corrected chi connectivity index (χ1v) is 11.0. The van der Waals surface area contributed by atoms with E-state index in [0.717, 1.165) is 11.1 Å². The largest absolute Gasteiger partial charge is 0.507 e. The summed E-state index contributed by atoms with van der Waals surface area (Å²) in [6.45, 7) is 6.62. The van der Waals surface area contributed by atoms with Gasteiger partial charge >= 0.3 is 0 Å². The van der Waals surface area contributed by atoms with Gasteiger partial charge in [-0.3, -0.25) is 9.59 Å². The molecule has 1 heterocycles. The van der Waals surface area contributed by atoms with Crippen LogP contribution in [0, 0.1) is 6.92 Å². The lowest BCUT2D eigenvalue weighted by atomic mass is 9.92. The highest BCUT2D eigenvalue weighted by Gasteiger charge is 2.46. The van der Waals surface area contributed by atoms with Crippen LogP contribution in [0.2, 0.25) is 0 Å². The predicted molar refractivity (Wildman–Crippen MR) is 125 cm³/mol. The van der Waals surface area contributed by atoms with Crippen molar-refractivity contribution < 1.29 is 28.9 Å². The number of aliphatic hydroxyl groups excluding tert-OH is 1. The molecular formula is C26H31NO6. The zero-order chi connectivity index (χ0) is 24.1. The van der Waals surface area contributed by atoms with Crippen molar-refractivity contribution in [2.75, 3.05) is 27.4 Å². The van der Waals surface area contributed by atoms with E-state index in [2.05, 4.69) is 0 Å². The summed E-state index contributed by atoms with van der Waals surface area (Å²) >= 11 is 0. The van der Waals surface area contributed by atoms with E-state index in [1.54, 1.807) is 18.2 Å². The van der Waals surface area contributed by atoms with Gasteiger partial charge in [0.2, 0.25) is 0 Å². The molecule has 7 heteroatoms. The average molecular weight is 454 g/mol. The third kappa shape index (κ3) is 5.03. The second kappa shape index (κ2) is 10.5. The maximum atomic E-state index is 13.1. The minimum atomic E-state index is -0.708. The Morgan fingerprint density at radius 1 is 1.06 bits per heavy atom. The number of aryl methyl sites for hydroxylation is 1. The molecule has 1 aliphatic rings. The molecule has 1 saturated heterocycles. The number of benzene rings is 2. The van der Waals surface area contributed by atoms with Gasteiger partial charge in [0, 0.05) is 18.7 Å². The zero-order valence-electron chi connectivity index (χ0n) is 19.8. The van der Waals surface area contributed by atoms with Gasteiger partial charge in [0.1, 0.15) is 5.76 Å². The number of Topliss-reactive ketones (excluding diaryl/α,β-unsaturated/α-hetero) is 1. The molecule has 0 radical (unpaired) electrons. The maximum Gasteiger partial charge on any atom is 0.295 e. The van der Waals surface area contributed by atoms with Crippen molar-refractivity contribution in [3.05, 3.63) is 64.7 Å². The normalized spacial score (nSPS) is 17.6. The minimum Gasteiger partial charge on any atom is -0.507 e. The topological polar surface area (TPSA) is 85.3 Å². The monoisotopic (exact) mass is 453 g/mol. The first-order chi connectivity index (χ1) is 15.8. The lowest BCUT2D eigenvalue weighted by Crippen LogP contribution is -2.31. The van der Waals surface area contributed by atoms with E-state index in [4.69, 9.17) is 14.2 Å². The molecule has 0 aliphatic carbocycles. The summed E-state index contributed by atoms with van der Waals surface area (Å²) in [7, 11) is 3.01. The number of amides is 1. The van der Waals surface area contributed by atoms with E-state index in [-0.39, 0.29) is 17.4 Å². The summed E-state index contributed by atoms with van der Waals surface area (Å²) in [4.78, 5) is 27.7. The Labute approximate surface area is 194 Å². The Bertz CT molecular complexity index is 1060. The predicted octanol–water partition coefficient (Wildman–Crippen LogP) is 4.25. The van der Waals surface area contributed by atoms with E-state index in [0.29, 0.717) is 36.6 Å². The highest BCUT2D eigenvalue weighted by Crippen LogP contribution is 2.41. The van der Waals surface area contributed by atoms with Gasteiger partial charge in [-0.05, 0) is 56.5 Å². The Hall–Kier alpha value is -3.32. The lowest BCUT2D eigenvalue weighted by molar-refractivity contribution is -0.140. The summed E-state index contributed by atoms with van der Waals surface area (Å²) in [6.07, 6.45) is 0.655. The van der Waals surface area contributed by atoms with Crippen LogP contribution >= 0.6 is 0 Å². The molecule has 1 unspecified atom stereocenters. The van der Waals surface area contributed by atoms with Crippen LogP contribution in [-0.4, -0.2) is 55.2 Å². The molecule has 33 heavy (non-hydrogen) atoms. The van der Waals surface area contributed by atoms with Crippen LogP contribution in [-0.2, 0) is 14.3 Å². The number of hydrogen-bond donors (Lipinski definition) is 1. The number of rotatable bonds is 9. The second-order valence-corrected chi connectivity index (χ2v) is 8.19. The van der Waals surface area contributed by atoms with Crippen molar-refractivity contribution in [1.29, 1.82) is 0 Å². The van der Waals surface area contributed by atoms with Crippen LogP contribution in [0.5, 0.6) is 11.5 Å². The van der Waals surface area contributed by atoms with Gasteiger partial charge in [-0.2, -0.15) is 0 Å². The fraction of sp³-hybridized carbons (Fsp3) is 0.385. The van der Waals surface area contributed by atoms with Gasteiger partial charge in [-0.15, -0.1) is 0 Å². The SMILES string of the molecule is COc1ccc(/C(O)=C2\C(=O)C(=O)N(CCCOC(C)C)C2c2ccccc2C)cc1OC. The number of carbonyl (C=O) groups excluding carboxylic acids is 2. The van der Waals surface area contributed by atoms with Gasteiger partial charge in [-0.25, -0.2) is 0 Å². The highest BCUT2D eigenvalue weighted by molar-refractivity contribution is 6.46. The van der Waals surface area contributed by atoms with Gasteiger partial charge in [0.25, 0.3) is 11.7 Å². The molecule has 1 amide bonds. The van der Waals surface area contributed by atoms with Crippen LogP contribution in [0.1, 0.15) is 43.0 Å². The first-order valence-electron chi connectivity index (χ1n) is 11.0. The molecule has 176 valence electrons. The molecule has 3 rings (SSSR count). The third-order valence-electron chi connectivity index (χ3n) is 5.67. The summed E-state index contributed by atoms with van der Waals surface area (Å²) in [5, 5.41) is 11.2. The molecule has 7 nitrogen and oxygen atoms in total. The van der Waals surface area contributed by atoms with Crippen LogP contribution in [0.4, 0.5) is 0 Å². The Morgan fingerprint density at radius 2 is 1.76 bits per heavy atom. The summed E-state index contributed by atoms with van der Waals surface area (Å²) < 4.78 is 16.2. The van der Waals surface area contributed by atoms with E-state index in [9.17, 15) is 14.7 Å². The van der Waals surface area contributed by atoms with Crippen LogP contribution in [0.3, 0.4) is 0 Å². The fourth-order valence-corrected chi connectivity index (χ4v) is 4.02. The highest BCUT2D eigenvalue weighted by atomic mass is 16.5. The van der Waals surface area contributed by atoms with Crippen molar-refractivity contribution in [1.82, 2.24) is 4.90 Å². The Kier molecular flexibility index (Phi) is 7.76. The summed E-state index contributed by atoms with van der Waals surface area (Å²) in [5.74, 6) is -0.678. The van der Waals surface area contributed by atoms with Crippen molar-refractivity contribution in [2.24, 2.45) is 0 Å². The molecule has 1 atom stereocenters. The lowest BCUT2D eigenvalue weighted by Gasteiger charge is -2.26. The average Bonchev–Trinajstić information content (AvgIpc) is 3.05. The molecule has 1 fully saturated rings.